The molecule has 12 heteroatoms. The molecule has 2 heterocycles. The minimum atomic E-state index is -1.78. The van der Waals surface area contributed by atoms with Crippen molar-refractivity contribution in [2.45, 2.75) is 67.5 Å². The molecule has 2 saturated heterocycles. The molecule has 7 unspecified atom stereocenters. The molecule has 2 fully saturated rings. The maximum atomic E-state index is 9.88. The fraction of sp³-hybridized carbons (Fsp3) is 1.00. The molecular formula is C13H24O12. The van der Waals surface area contributed by atoms with E-state index >= 15 is 0 Å². The quantitative estimate of drug-likeness (QED) is 0.221. The second-order valence-electron chi connectivity index (χ2n) is 6.06. The Morgan fingerprint density at radius 3 is 1.96 bits per heavy atom. The van der Waals surface area contributed by atoms with Crippen LogP contribution in [0, 0.1) is 0 Å². The van der Waals surface area contributed by atoms with Crippen molar-refractivity contribution in [3.8, 4) is 0 Å². The van der Waals surface area contributed by atoms with Crippen molar-refractivity contribution in [1.29, 1.82) is 0 Å². The van der Waals surface area contributed by atoms with Gasteiger partial charge in [0.15, 0.2) is 12.6 Å². The van der Waals surface area contributed by atoms with Crippen LogP contribution in [0.15, 0.2) is 0 Å². The summed E-state index contributed by atoms with van der Waals surface area (Å²) in [5.41, 5.74) is 0. The van der Waals surface area contributed by atoms with Gasteiger partial charge in [-0.2, -0.15) is 0 Å². The van der Waals surface area contributed by atoms with Crippen molar-refractivity contribution in [2.24, 2.45) is 0 Å². The van der Waals surface area contributed by atoms with E-state index in [9.17, 15) is 40.9 Å². The highest BCUT2D eigenvalue weighted by Crippen LogP contribution is 2.26. The van der Waals surface area contributed by atoms with E-state index < -0.39 is 80.7 Å². The lowest BCUT2D eigenvalue weighted by Gasteiger charge is -2.43. The van der Waals surface area contributed by atoms with E-state index in [-0.39, 0.29) is 0 Å². The molecule has 11 atom stereocenters. The summed E-state index contributed by atoms with van der Waals surface area (Å²) >= 11 is 0. The van der Waals surface area contributed by atoms with E-state index in [1.807, 2.05) is 0 Å². The minimum absolute atomic E-state index is 0.533. The lowest BCUT2D eigenvalue weighted by Crippen LogP contribution is -2.63. The van der Waals surface area contributed by atoms with Gasteiger partial charge in [0.2, 0.25) is 0 Å². The molecule has 2 aliphatic heterocycles. The van der Waals surface area contributed by atoms with Crippen LogP contribution in [0.4, 0.5) is 0 Å². The van der Waals surface area contributed by atoms with Crippen molar-refractivity contribution in [1.82, 2.24) is 0 Å². The normalized spacial score (nSPS) is 49.8. The molecule has 0 aromatic heterocycles. The molecule has 0 bridgehead atoms. The van der Waals surface area contributed by atoms with E-state index in [2.05, 4.69) is 0 Å². The number of hydrogen-bond donors (Lipinski definition) is 9. The molecule has 0 radical (unpaired) electrons. The summed E-state index contributed by atoms with van der Waals surface area (Å²) in [6.45, 7) is -1.31. The van der Waals surface area contributed by atoms with Crippen LogP contribution in [-0.4, -0.2) is 127 Å². The molecule has 0 saturated carbocycles. The van der Waals surface area contributed by atoms with Crippen LogP contribution >= 0.6 is 0 Å². The van der Waals surface area contributed by atoms with Crippen LogP contribution in [0.3, 0.4) is 0 Å². The van der Waals surface area contributed by atoms with Crippen LogP contribution in [0.2, 0.25) is 0 Å². The molecule has 0 amide bonds. The topological polar surface area (TPSA) is 210 Å². The molecule has 148 valence electrons. The van der Waals surface area contributed by atoms with E-state index in [0.717, 1.165) is 0 Å². The maximum absolute atomic E-state index is 9.88. The van der Waals surface area contributed by atoms with Gasteiger partial charge in [-0.05, 0) is 0 Å². The van der Waals surface area contributed by atoms with Gasteiger partial charge in [0.05, 0.1) is 13.2 Å². The average Bonchev–Trinajstić information content (AvgIpc) is 2.60. The average molecular weight is 372 g/mol. The smallest absolute Gasteiger partial charge is 0.186 e. The van der Waals surface area contributed by atoms with Crippen LogP contribution in [-0.2, 0) is 14.2 Å². The molecule has 12 nitrogen and oxygen atoms in total. The summed E-state index contributed by atoms with van der Waals surface area (Å²) in [5, 5.41) is 86.2. The largest absolute Gasteiger partial charge is 0.394 e. The van der Waals surface area contributed by atoms with Gasteiger partial charge < -0.3 is 60.2 Å². The van der Waals surface area contributed by atoms with Crippen molar-refractivity contribution in [3.05, 3.63) is 0 Å². The van der Waals surface area contributed by atoms with Gasteiger partial charge in [-0.25, -0.2) is 0 Å². The zero-order valence-corrected chi connectivity index (χ0v) is 13.0. The Morgan fingerprint density at radius 1 is 0.760 bits per heavy atom. The molecule has 25 heavy (non-hydrogen) atoms. The number of hydrogen-bond acceptors (Lipinski definition) is 12. The van der Waals surface area contributed by atoms with E-state index in [0.29, 0.717) is 0 Å². The highest BCUT2D eigenvalue weighted by Gasteiger charge is 2.48. The Bertz CT molecular complexity index is 424. The SMILES string of the molecule is OCC(O)C1OC(OC[C@H]2OC(O)[C@H](O)[C@@H](O)[C@@H]2O)C(O)C(O)C1O. The van der Waals surface area contributed by atoms with Crippen LogP contribution in [0.5, 0.6) is 0 Å². The molecule has 2 aliphatic rings. The molecule has 0 aromatic rings. The first-order valence-corrected chi connectivity index (χ1v) is 7.67. The lowest BCUT2D eigenvalue weighted by molar-refractivity contribution is -0.331. The van der Waals surface area contributed by atoms with Gasteiger partial charge in [0, 0.05) is 0 Å². The zero-order chi connectivity index (χ0) is 18.9. The van der Waals surface area contributed by atoms with Gasteiger partial charge in [0.25, 0.3) is 0 Å². The van der Waals surface area contributed by atoms with Crippen molar-refractivity contribution in [2.75, 3.05) is 13.2 Å². The predicted octanol–water partition coefficient (Wildman–Crippen LogP) is -6.04. The zero-order valence-electron chi connectivity index (χ0n) is 13.0. The summed E-state index contributed by atoms with van der Waals surface area (Å²) in [4.78, 5) is 0. The Labute approximate surface area is 142 Å². The monoisotopic (exact) mass is 372 g/mol. The van der Waals surface area contributed by atoms with Gasteiger partial charge in [-0.15, -0.1) is 0 Å². The van der Waals surface area contributed by atoms with Gasteiger partial charge in [0.1, 0.15) is 54.9 Å². The Morgan fingerprint density at radius 2 is 1.36 bits per heavy atom. The van der Waals surface area contributed by atoms with Crippen LogP contribution < -0.4 is 0 Å². The lowest BCUT2D eigenvalue weighted by atomic mass is 9.95. The third-order valence-corrected chi connectivity index (χ3v) is 4.28. The first-order valence-electron chi connectivity index (χ1n) is 7.67. The predicted molar refractivity (Wildman–Crippen MR) is 74.6 cm³/mol. The van der Waals surface area contributed by atoms with E-state index in [4.69, 9.17) is 19.3 Å². The Hall–Kier alpha value is -0.480. The molecule has 2 rings (SSSR count). The summed E-state index contributed by atoms with van der Waals surface area (Å²) in [5.74, 6) is 0. The second-order valence-corrected chi connectivity index (χ2v) is 6.06. The first kappa shape index (κ1) is 20.8. The van der Waals surface area contributed by atoms with E-state index in [1.54, 1.807) is 0 Å². The summed E-state index contributed by atoms with van der Waals surface area (Å²) in [6, 6.07) is 0. The highest BCUT2D eigenvalue weighted by molar-refractivity contribution is 4.93. The molecular weight excluding hydrogens is 348 g/mol. The Balaban J connectivity index is 1.99. The van der Waals surface area contributed by atoms with Crippen LogP contribution in [0.25, 0.3) is 0 Å². The van der Waals surface area contributed by atoms with Gasteiger partial charge in [-0.1, -0.05) is 0 Å². The molecule has 9 N–H and O–H groups in total. The second kappa shape index (κ2) is 8.47. The summed E-state index contributed by atoms with van der Waals surface area (Å²) < 4.78 is 15.2. The standard InChI is InChI=1S/C13H24O12/c14-1-3(15)11-8(19)7(18)10(21)13(25-11)23-2-4-5(16)6(17)9(20)12(22)24-4/h3-22H,1-2H2/t3?,4-,5-,6+,7?,8?,9-,10?,11?,12?,13?/m1/s1. The number of rotatable bonds is 5. The van der Waals surface area contributed by atoms with Crippen molar-refractivity contribution in [3.63, 3.8) is 0 Å². The highest BCUT2D eigenvalue weighted by atomic mass is 16.7. The van der Waals surface area contributed by atoms with E-state index in [1.165, 1.54) is 0 Å². The fourth-order valence-electron chi connectivity index (χ4n) is 2.69. The summed E-state index contributed by atoms with van der Waals surface area (Å²) in [6.07, 6.45) is -17.9. The Kier molecular flexibility index (Phi) is 7.06. The van der Waals surface area contributed by atoms with Crippen molar-refractivity contribution < 1.29 is 60.2 Å². The third-order valence-electron chi connectivity index (χ3n) is 4.28. The molecule has 0 aliphatic carbocycles. The number of aliphatic hydroxyl groups excluding tert-OH is 9. The summed E-state index contributed by atoms with van der Waals surface area (Å²) in [7, 11) is 0. The number of ether oxygens (including phenoxy) is 3. The fourth-order valence-corrected chi connectivity index (χ4v) is 2.69. The first-order chi connectivity index (χ1) is 11.7. The van der Waals surface area contributed by atoms with Crippen LogP contribution in [0.1, 0.15) is 0 Å². The molecule has 0 aromatic carbocycles. The molecule has 0 spiro atoms. The van der Waals surface area contributed by atoms with Crippen molar-refractivity contribution >= 4 is 0 Å². The minimum Gasteiger partial charge on any atom is -0.394 e. The number of aliphatic hydroxyl groups is 9. The van der Waals surface area contributed by atoms with Gasteiger partial charge >= 0.3 is 0 Å². The third kappa shape index (κ3) is 4.27. The van der Waals surface area contributed by atoms with Gasteiger partial charge in [-0.3, -0.25) is 0 Å². The maximum Gasteiger partial charge on any atom is 0.186 e.